The summed E-state index contributed by atoms with van der Waals surface area (Å²) in [4.78, 5) is 0.227. The molecule has 1 atom stereocenters. The molecule has 0 N–H and O–H groups in total. The normalized spacial score (nSPS) is 21.7. The first-order valence-corrected chi connectivity index (χ1v) is 10.4. The summed E-state index contributed by atoms with van der Waals surface area (Å²) in [6.45, 7) is 2.35. The number of sulfone groups is 1. The molecule has 0 radical (unpaired) electrons. The zero-order valence-corrected chi connectivity index (χ0v) is 13.7. The second-order valence-electron chi connectivity index (χ2n) is 5.34. The molecule has 0 aliphatic carbocycles. The summed E-state index contributed by atoms with van der Waals surface area (Å²) < 4.78 is 50.2. The molecule has 0 saturated carbocycles. The highest BCUT2D eigenvalue weighted by Crippen LogP contribution is 2.25. The summed E-state index contributed by atoms with van der Waals surface area (Å²) in [6.07, 6.45) is 1.97. The van der Waals surface area contributed by atoms with Gasteiger partial charge in [0, 0.05) is 12.6 Å². The van der Waals surface area contributed by atoms with Crippen molar-refractivity contribution < 1.29 is 16.8 Å². The van der Waals surface area contributed by atoms with Crippen molar-refractivity contribution in [2.45, 2.75) is 37.1 Å². The first-order chi connectivity index (χ1) is 9.87. The van der Waals surface area contributed by atoms with Crippen LogP contribution in [0.5, 0.6) is 0 Å². The van der Waals surface area contributed by atoms with Crippen molar-refractivity contribution in [1.82, 2.24) is 4.31 Å². The summed E-state index contributed by atoms with van der Waals surface area (Å²) in [5.74, 6) is 0.00732. The fourth-order valence-corrected chi connectivity index (χ4v) is 6.08. The predicted molar refractivity (Wildman–Crippen MR) is 82.3 cm³/mol. The zero-order chi connectivity index (χ0) is 15.5. The van der Waals surface area contributed by atoms with E-state index in [1.807, 2.05) is 6.92 Å². The van der Waals surface area contributed by atoms with Gasteiger partial charge in [-0.15, -0.1) is 0 Å². The third-order valence-corrected chi connectivity index (χ3v) is 7.41. The van der Waals surface area contributed by atoms with Gasteiger partial charge in [-0.1, -0.05) is 31.5 Å². The highest BCUT2D eigenvalue weighted by molar-refractivity contribution is 7.92. The average Bonchev–Trinajstić information content (AvgIpc) is 2.80. The second kappa shape index (κ2) is 6.46. The topological polar surface area (TPSA) is 71.5 Å². The maximum Gasteiger partial charge on any atom is 0.243 e. The van der Waals surface area contributed by atoms with E-state index in [9.17, 15) is 16.8 Å². The Bertz CT molecular complexity index is 668. The summed E-state index contributed by atoms with van der Waals surface area (Å²) >= 11 is 0. The molecular formula is C14H21NO4S2. The molecule has 0 spiro atoms. The number of rotatable bonds is 6. The Kier molecular flexibility index (Phi) is 5.06. The minimum absolute atomic E-state index is 0.0667. The highest BCUT2D eigenvalue weighted by atomic mass is 32.2. The van der Waals surface area contributed by atoms with E-state index in [2.05, 4.69) is 0 Å². The van der Waals surface area contributed by atoms with Gasteiger partial charge >= 0.3 is 0 Å². The maximum atomic E-state index is 12.8. The smallest absolute Gasteiger partial charge is 0.229 e. The largest absolute Gasteiger partial charge is 0.243 e. The molecule has 1 aromatic rings. The van der Waals surface area contributed by atoms with Gasteiger partial charge in [-0.25, -0.2) is 16.8 Å². The van der Waals surface area contributed by atoms with Crippen LogP contribution in [-0.2, 0) is 19.9 Å². The number of hydrogen-bond donors (Lipinski definition) is 0. The summed E-state index contributed by atoms with van der Waals surface area (Å²) in [6, 6.07) is 7.78. The van der Waals surface area contributed by atoms with Crippen LogP contribution in [0.4, 0.5) is 0 Å². The number of unbranched alkanes of at least 4 members (excludes halogenated alkanes) is 1. The average molecular weight is 331 g/mol. The summed E-state index contributed by atoms with van der Waals surface area (Å²) in [5.41, 5.74) is 0. The maximum absolute atomic E-state index is 12.8. The van der Waals surface area contributed by atoms with E-state index in [1.165, 1.54) is 4.31 Å². The fourth-order valence-electron chi connectivity index (χ4n) is 2.54. The Morgan fingerprint density at radius 3 is 2.43 bits per heavy atom. The van der Waals surface area contributed by atoms with Gasteiger partial charge in [0.05, 0.1) is 16.4 Å². The van der Waals surface area contributed by atoms with Gasteiger partial charge in [-0.3, -0.25) is 0 Å². The lowest BCUT2D eigenvalue weighted by Crippen LogP contribution is -2.41. The molecule has 118 valence electrons. The van der Waals surface area contributed by atoms with Gasteiger partial charge in [0.25, 0.3) is 0 Å². The van der Waals surface area contributed by atoms with Gasteiger partial charge in [0.2, 0.25) is 10.0 Å². The van der Waals surface area contributed by atoms with E-state index in [4.69, 9.17) is 0 Å². The summed E-state index contributed by atoms with van der Waals surface area (Å²) in [5, 5.41) is 0. The van der Waals surface area contributed by atoms with Crippen molar-refractivity contribution in [3.8, 4) is 0 Å². The molecule has 1 aliphatic rings. The minimum Gasteiger partial charge on any atom is -0.229 e. The Morgan fingerprint density at radius 1 is 1.24 bits per heavy atom. The molecule has 1 aliphatic heterocycles. The monoisotopic (exact) mass is 331 g/mol. The van der Waals surface area contributed by atoms with Crippen LogP contribution in [0, 0.1) is 0 Å². The molecule has 0 amide bonds. The van der Waals surface area contributed by atoms with E-state index in [-0.39, 0.29) is 16.4 Å². The molecule has 2 rings (SSSR count). The Labute approximate surface area is 126 Å². The van der Waals surface area contributed by atoms with Crippen LogP contribution in [0.3, 0.4) is 0 Å². The fraction of sp³-hybridized carbons (Fsp3) is 0.571. The first kappa shape index (κ1) is 16.5. The molecule has 5 nitrogen and oxygen atoms in total. The molecular weight excluding hydrogens is 310 g/mol. The highest BCUT2D eigenvalue weighted by Gasteiger charge is 2.38. The third kappa shape index (κ3) is 3.84. The van der Waals surface area contributed by atoms with E-state index < -0.39 is 25.9 Å². The molecule has 7 heteroatoms. The van der Waals surface area contributed by atoms with Crippen molar-refractivity contribution in [2.24, 2.45) is 0 Å². The first-order valence-electron chi connectivity index (χ1n) is 7.14. The van der Waals surface area contributed by atoms with Crippen LogP contribution in [0.25, 0.3) is 0 Å². The third-order valence-electron chi connectivity index (χ3n) is 3.70. The number of benzene rings is 1. The predicted octanol–water partition coefficient (Wildman–Crippen LogP) is 1.66. The zero-order valence-electron chi connectivity index (χ0n) is 12.1. The van der Waals surface area contributed by atoms with E-state index in [0.717, 1.165) is 12.8 Å². The molecule has 1 aromatic carbocycles. The molecule has 1 saturated heterocycles. The SMILES string of the molecule is CCCCN(C1CCS(=O)(=O)C1)S(=O)(=O)c1ccccc1. The number of hydrogen-bond acceptors (Lipinski definition) is 4. The molecule has 0 bridgehead atoms. The standard InChI is InChI=1S/C14H21NO4S2/c1-2-3-10-15(13-9-11-20(16,17)12-13)21(18,19)14-7-5-4-6-8-14/h4-8,13H,2-3,9-12H2,1H3. The van der Waals surface area contributed by atoms with Crippen LogP contribution in [0.2, 0.25) is 0 Å². The number of sulfonamides is 1. The number of nitrogens with zero attached hydrogens (tertiary/aromatic N) is 1. The second-order valence-corrected chi connectivity index (χ2v) is 9.46. The van der Waals surface area contributed by atoms with Crippen molar-refractivity contribution in [1.29, 1.82) is 0 Å². The molecule has 0 aromatic heterocycles. The lowest BCUT2D eigenvalue weighted by molar-refractivity contribution is 0.335. The Hall–Kier alpha value is -0.920. The van der Waals surface area contributed by atoms with Gasteiger partial charge in [-0.2, -0.15) is 4.31 Å². The Balaban J connectivity index is 2.32. The van der Waals surface area contributed by atoms with Crippen LogP contribution >= 0.6 is 0 Å². The van der Waals surface area contributed by atoms with Crippen molar-refractivity contribution >= 4 is 19.9 Å². The quantitative estimate of drug-likeness (QED) is 0.795. The van der Waals surface area contributed by atoms with Crippen LogP contribution in [-0.4, -0.2) is 45.2 Å². The van der Waals surface area contributed by atoms with Crippen molar-refractivity contribution in [3.05, 3.63) is 30.3 Å². The molecule has 1 fully saturated rings. The van der Waals surface area contributed by atoms with Crippen molar-refractivity contribution in [2.75, 3.05) is 18.1 Å². The van der Waals surface area contributed by atoms with Gasteiger partial charge < -0.3 is 0 Å². The molecule has 1 heterocycles. The van der Waals surface area contributed by atoms with E-state index in [0.29, 0.717) is 13.0 Å². The van der Waals surface area contributed by atoms with Crippen LogP contribution < -0.4 is 0 Å². The molecule has 21 heavy (non-hydrogen) atoms. The van der Waals surface area contributed by atoms with Gasteiger partial charge in [0.15, 0.2) is 9.84 Å². The minimum atomic E-state index is -3.64. The lowest BCUT2D eigenvalue weighted by Gasteiger charge is -2.27. The van der Waals surface area contributed by atoms with Crippen LogP contribution in [0.1, 0.15) is 26.2 Å². The van der Waals surface area contributed by atoms with Gasteiger partial charge in [0.1, 0.15) is 0 Å². The van der Waals surface area contributed by atoms with E-state index >= 15 is 0 Å². The summed E-state index contributed by atoms with van der Waals surface area (Å²) in [7, 11) is -6.75. The lowest BCUT2D eigenvalue weighted by atomic mass is 10.2. The van der Waals surface area contributed by atoms with E-state index in [1.54, 1.807) is 30.3 Å². The molecule has 1 unspecified atom stereocenters. The van der Waals surface area contributed by atoms with Crippen molar-refractivity contribution in [3.63, 3.8) is 0 Å². The van der Waals surface area contributed by atoms with Gasteiger partial charge in [-0.05, 0) is 25.0 Å². The Morgan fingerprint density at radius 2 is 1.90 bits per heavy atom. The van der Waals surface area contributed by atoms with Crippen LogP contribution in [0.15, 0.2) is 35.2 Å².